The van der Waals surface area contributed by atoms with Gasteiger partial charge in [0.1, 0.15) is 11.5 Å². The van der Waals surface area contributed by atoms with E-state index in [-0.39, 0.29) is 17.7 Å². The van der Waals surface area contributed by atoms with Crippen molar-refractivity contribution in [3.05, 3.63) is 90.6 Å². The van der Waals surface area contributed by atoms with Gasteiger partial charge < -0.3 is 9.29 Å². The lowest BCUT2D eigenvalue weighted by Crippen LogP contribution is -2.21. The van der Waals surface area contributed by atoms with Crippen molar-refractivity contribution in [2.75, 3.05) is 5.75 Å². The second-order valence-corrected chi connectivity index (χ2v) is 9.27. The van der Waals surface area contributed by atoms with Crippen LogP contribution in [0.25, 0.3) is 0 Å². The van der Waals surface area contributed by atoms with Gasteiger partial charge in [-0.3, -0.25) is 9.59 Å². The molecule has 0 saturated heterocycles. The predicted molar refractivity (Wildman–Crippen MR) is 141 cm³/mol. The summed E-state index contributed by atoms with van der Waals surface area (Å²) in [5, 5.41) is 9.63. The number of benzene rings is 1. The van der Waals surface area contributed by atoms with Crippen LogP contribution in [0.1, 0.15) is 68.6 Å². The molecular formula is C28H36O6S. The number of Topliss-reactive ketones (excluding diaryl/α,β-unsaturated/α-hetero) is 1. The Balaban J connectivity index is 2.16. The molecule has 0 aliphatic carbocycles. The smallest absolute Gasteiger partial charge is 0.322 e. The summed E-state index contributed by atoms with van der Waals surface area (Å²) >= 11 is 0. The molecule has 0 aromatic heterocycles. The summed E-state index contributed by atoms with van der Waals surface area (Å²) in [6.45, 7) is 2.12. The van der Waals surface area contributed by atoms with Crippen molar-refractivity contribution in [3.8, 4) is 5.75 Å². The maximum Gasteiger partial charge on any atom is 0.322 e. The molecule has 0 bridgehead atoms. The van der Waals surface area contributed by atoms with Gasteiger partial charge in [-0.2, -0.15) is 8.42 Å². The van der Waals surface area contributed by atoms with E-state index in [4.69, 9.17) is 0 Å². The van der Waals surface area contributed by atoms with Crippen LogP contribution >= 0.6 is 0 Å². The number of unbranched alkanes of at least 4 members (excludes halogenated alkanes) is 1. The molecule has 1 rings (SSSR count). The summed E-state index contributed by atoms with van der Waals surface area (Å²) in [7, 11) is -4.37. The van der Waals surface area contributed by atoms with Crippen molar-refractivity contribution < 1.29 is 27.3 Å². The molecule has 1 aromatic rings. The van der Waals surface area contributed by atoms with Crippen LogP contribution in [0.4, 0.5) is 0 Å². The van der Waals surface area contributed by atoms with Crippen molar-refractivity contribution in [2.45, 2.75) is 58.3 Å². The molecule has 0 amide bonds. The molecule has 0 fully saturated rings. The van der Waals surface area contributed by atoms with Crippen LogP contribution in [-0.2, 0) is 19.1 Å². The summed E-state index contributed by atoms with van der Waals surface area (Å²) in [4.78, 5) is 23.8. The number of para-hydroxylation sites is 1. The first kappa shape index (κ1) is 29.8. The molecular weight excluding hydrogens is 464 g/mol. The Bertz CT molecular complexity index is 1030. The molecule has 7 heteroatoms. The highest BCUT2D eigenvalue weighted by Gasteiger charge is 2.23. The van der Waals surface area contributed by atoms with Gasteiger partial charge in [0.05, 0.1) is 5.56 Å². The number of phenolic OH excluding ortho intramolecular Hbond substituents is 1. The Hall–Kier alpha value is -3.19. The van der Waals surface area contributed by atoms with Crippen molar-refractivity contribution in [2.24, 2.45) is 0 Å². The van der Waals surface area contributed by atoms with Crippen LogP contribution in [0.5, 0.6) is 5.75 Å². The number of ketones is 1. The molecule has 1 aromatic carbocycles. The zero-order valence-electron chi connectivity index (χ0n) is 20.3. The molecule has 35 heavy (non-hydrogen) atoms. The van der Waals surface area contributed by atoms with E-state index in [1.807, 2.05) is 12.2 Å². The van der Waals surface area contributed by atoms with E-state index in [9.17, 15) is 23.1 Å². The highest BCUT2D eigenvalue weighted by atomic mass is 32.2. The van der Waals surface area contributed by atoms with E-state index < -0.39 is 27.6 Å². The van der Waals surface area contributed by atoms with E-state index in [2.05, 4.69) is 59.7 Å². The summed E-state index contributed by atoms with van der Waals surface area (Å²) in [5.41, 5.74) is -0.134. The molecule has 0 aliphatic heterocycles. The minimum atomic E-state index is -4.37. The van der Waals surface area contributed by atoms with Crippen LogP contribution in [0.2, 0.25) is 0 Å². The van der Waals surface area contributed by atoms with Gasteiger partial charge in [-0.15, -0.1) is 0 Å². The average Bonchev–Trinajstić information content (AvgIpc) is 2.80. The van der Waals surface area contributed by atoms with E-state index in [1.54, 1.807) is 0 Å². The summed E-state index contributed by atoms with van der Waals surface area (Å²) in [6, 6.07) is 5.60. The van der Waals surface area contributed by atoms with E-state index in [0.29, 0.717) is 12.8 Å². The fourth-order valence-electron chi connectivity index (χ4n) is 2.89. The maximum absolute atomic E-state index is 12.0. The topological polar surface area (TPSA) is 97.7 Å². The standard InChI is InChI=1S/C28H36O6S/c1-2-3-4-5-6-7-8-9-10-11-12-13-14-15-16-17-18-23-28(31)34-35(32,33)24-27(30)25-21-19-20-22-26(25)29/h3-4,6-7,9-10,12-13,15-16,19-22,29H,2,5,8,11,14,17-18,23-24H2,1H3/b4-3-,7-6-,10-9-,13-12-,16-15-. The van der Waals surface area contributed by atoms with Crippen LogP contribution in [0, 0.1) is 0 Å². The Labute approximate surface area is 209 Å². The van der Waals surface area contributed by atoms with Crippen LogP contribution in [0.15, 0.2) is 85.0 Å². The summed E-state index contributed by atoms with van der Waals surface area (Å²) in [5.74, 6) is -3.07. The molecule has 0 spiro atoms. The van der Waals surface area contributed by atoms with Gasteiger partial charge in [-0.05, 0) is 57.1 Å². The van der Waals surface area contributed by atoms with Crippen LogP contribution in [0.3, 0.4) is 0 Å². The van der Waals surface area contributed by atoms with Gasteiger partial charge in [0.15, 0.2) is 5.78 Å². The number of allylic oxidation sites excluding steroid dienone is 10. The predicted octanol–water partition coefficient (Wildman–Crippen LogP) is 6.37. The van der Waals surface area contributed by atoms with Crippen molar-refractivity contribution in [1.82, 2.24) is 0 Å². The maximum atomic E-state index is 12.0. The van der Waals surface area contributed by atoms with Gasteiger partial charge in [-0.1, -0.05) is 79.8 Å². The monoisotopic (exact) mass is 500 g/mol. The lowest BCUT2D eigenvalue weighted by molar-refractivity contribution is -0.133. The third-order valence-electron chi connectivity index (χ3n) is 4.64. The molecule has 0 heterocycles. The second-order valence-electron chi connectivity index (χ2n) is 7.70. The summed E-state index contributed by atoms with van der Waals surface area (Å²) in [6.07, 6.45) is 26.6. The zero-order valence-corrected chi connectivity index (χ0v) is 21.2. The number of rotatable bonds is 17. The Morgan fingerprint density at radius 1 is 0.829 bits per heavy atom. The first-order valence-corrected chi connectivity index (χ1v) is 13.4. The highest BCUT2D eigenvalue weighted by Crippen LogP contribution is 2.17. The van der Waals surface area contributed by atoms with Gasteiger partial charge in [0, 0.05) is 6.42 Å². The minimum absolute atomic E-state index is 0.0711. The molecule has 1 N–H and O–H groups in total. The number of phenols is 1. The zero-order chi connectivity index (χ0) is 25.8. The molecule has 190 valence electrons. The number of hydrogen-bond acceptors (Lipinski definition) is 6. The molecule has 0 radical (unpaired) electrons. The lowest BCUT2D eigenvalue weighted by atomic mass is 10.1. The fourth-order valence-corrected chi connectivity index (χ4v) is 3.80. The fraction of sp³-hybridized carbons (Fsp3) is 0.357. The first-order chi connectivity index (χ1) is 16.9. The average molecular weight is 501 g/mol. The van der Waals surface area contributed by atoms with E-state index in [1.165, 1.54) is 24.3 Å². The molecule has 0 unspecified atom stereocenters. The second kappa shape index (κ2) is 18.2. The Kier molecular flexibility index (Phi) is 15.5. The number of hydrogen-bond donors (Lipinski definition) is 1. The van der Waals surface area contributed by atoms with Gasteiger partial charge in [0.2, 0.25) is 0 Å². The third-order valence-corrected chi connectivity index (χ3v) is 5.70. The molecule has 0 saturated carbocycles. The lowest BCUT2D eigenvalue weighted by Gasteiger charge is -2.06. The summed E-state index contributed by atoms with van der Waals surface area (Å²) < 4.78 is 28.4. The Morgan fingerprint density at radius 3 is 1.89 bits per heavy atom. The highest BCUT2D eigenvalue weighted by molar-refractivity contribution is 7.87. The van der Waals surface area contributed by atoms with Gasteiger partial charge in [-0.25, -0.2) is 0 Å². The van der Waals surface area contributed by atoms with Crippen molar-refractivity contribution >= 4 is 21.9 Å². The van der Waals surface area contributed by atoms with Crippen molar-refractivity contribution in [3.63, 3.8) is 0 Å². The molecule has 0 aliphatic rings. The van der Waals surface area contributed by atoms with Gasteiger partial charge in [0.25, 0.3) is 0 Å². The molecule has 0 atom stereocenters. The number of carbonyl (C=O) groups excluding carboxylic acids is 2. The molecule has 6 nitrogen and oxygen atoms in total. The van der Waals surface area contributed by atoms with Gasteiger partial charge >= 0.3 is 16.1 Å². The van der Waals surface area contributed by atoms with Crippen molar-refractivity contribution in [1.29, 1.82) is 0 Å². The normalized spacial score (nSPS) is 12.6. The number of aromatic hydroxyl groups is 1. The SMILES string of the molecule is CC/C=C\C/C=C\C/C=C\C/C=C\C/C=C\CCCC(=O)OS(=O)(=O)CC(=O)c1ccccc1O. The quantitative estimate of drug-likeness (QED) is 0.115. The minimum Gasteiger partial charge on any atom is -0.507 e. The number of carbonyl (C=O) groups is 2. The van der Waals surface area contributed by atoms with Crippen LogP contribution in [-0.4, -0.2) is 31.0 Å². The van der Waals surface area contributed by atoms with Crippen LogP contribution < -0.4 is 0 Å². The Morgan fingerprint density at radius 2 is 1.34 bits per heavy atom. The largest absolute Gasteiger partial charge is 0.507 e. The van der Waals surface area contributed by atoms with E-state index in [0.717, 1.165) is 32.1 Å². The van der Waals surface area contributed by atoms with E-state index >= 15 is 0 Å². The third kappa shape index (κ3) is 15.4. The first-order valence-electron chi connectivity index (χ1n) is 11.9.